The summed E-state index contributed by atoms with van der Waals surface area (Å²) in [5.74, 6) is 0.0132. The fourth-order valence-corrected chi connectivity index (χ4v) is 5.68. The molecule has 1 saturated carbocycles. The van der Waals surface area contributed by atoms with Gasteiger partial charge in [-0.2, -0.15) is 0 Å². The van der Waals surface area contributed by atoms with Gasteiger partial charge in [0, 0.05) is 12.4 Å². The molecule has 3 N–H and O–H groups in total. The highest BCUT2D eigenvalue weighted by atomic mass is 35.5. The van der Waals surface area contributed by atoms with Crippen molar-refractivity contribution in [2.75, 3.05) is 5.32 Å². The van der Waals surface area contributed by atoms with Crippen LogP contribution < -0.4 is 5.32 Å². The van der Waals surface area contributed by atoms with Crippen molar-refractivity contribution in [1.29, 1.82) is 0 Å². The number of aryl methyl sites for hydroxylation is 2. The number of anilines is 2. The molecule has 3 aromatic rings. The van der Waals surface area contributed by atoms with E-state index in [2.05, 4.69) is 15.3 Å². The molecule has 0 bridgehead atoms. The van der Waals surface area contributed by atoms with Gasteiger partial charge in [0.15, 0.2) is 0 Å². The largest absolute Gasteiger partial charge is 0.481 e. The maximum absolute atomic E-state index is 11.6. The zero-order valence-corrected chi connectivity index (χ0v) is 20.6. The number of carboxylic acids is 1. The van der Waals surface area contributed by atoms with Gasteiger partial charge in [0.2, 0.25) is 0 Å². The van der Waals surface area contributed by atoms with Gasteiger partial charge in [0.25, 0.3) is 0 Å². The molecule has 1 fully saturated rings. The molecule has 0 amide bonds. The molecular formula is C24H27ClN4O3S. The van der Waals surface area contributed by atoms with Crippen molar-refractivity contribution < 1.29 is 15.0 Å². The first kappa shape index (κ1) is 23.6. The summed E-state index contributed by atoms with van der Waals surface area (Å²) in [6, 6.07) is 5.76. The van der Waals surface area contributed by atoms with Crippen LogP contribution in [0.25, 0.3) is 10.6 Å². The lowest BCUT2D eigenvalue weighted by Gasteiger charge is -2.44. The quantitative estimate of drug-likeness (QED) is 0.423. The minimum atomic E-state index is -1.14. The first-order valence-corrected chi connectivity index (χ1v) is 12.0. The normalized spacial score (nSPS) is 22.2. The summed E-state index contributed by atoms with van der Waals surface area (Å²) in [4.78, 5) is 26.0. The van der Waals surface area contributed by atoms with Crippen LogP contribution in [0.5, 0.6) is 0 Å². The summed E-state index contributed by atoms with van der Waals surface area (Å²) in [6.45, 7) is 7.70. The Morgan fingerprint density at radius 2 is 1.94 bits per heavy atom. The lowest BCUT2D eigenvalue weighted by atomic mass is 9.63. The number of thiazole rings is 1. The Morgan fingerprint density at radius 3 is 2.61 bits per heavy atom. The van der Waals surface area contributed by atoms with Gasteiger partial charge in [-0.1, -0.05) is 25.4 Å². The van der Waals surface area contributed by atoms with E-state index in [0.717, 1.165) is 21.7 Å². The minimum Gasteiger partial charge on any atom is -0.481 e. The van der Waals surface area contributed by atoms with Crippen LogP contribution in [0.2, 0.25) is 5.02 Å². The average Bonchev–Trinajstić information content (AvgIpc) is 3.20. The Hall–Kier alpha value is -2.55. The third-order valence-corrected chi connectivity index (χ3v) is 7.87. The van der Waals surface area contributed by atoms with Crippen molar-refractivity contribution in [3.05, 3.63) is 51.7 Å². The predicted molar refractivity (Wildman–Crippen MR) is 130 cm³/mol. The summed E-state index contributed by atoms with van der Waals surface area (Å²) in [5.41, 5.74) is 1.00. The fraction of sp³-hybridized carbons (Fsp3) is 0.417. The van der Waals surface area contributed by atoms with Crippen LogP contribution in [0, 0.1) is 25.2 Å². The number of pyridine rings is 2. The molecule has 1 aliphatic carbocycles. The highest BCUT2D eigenvalue weighted by molar-refractivity contribution is 7.15. The number of halogens is 1. The zero-order valence-electron chi connectivity index (χ0n) is 19.0. The van der Waals surface area contributed by atoms with Crippen molar-refractivity contribution in [1.82, 2.24) is 15.0 Å². The highest BCUT2D eigenvalue weighted by Crippen LogP contribution is 2.50. The standard InChI is InChI=1S/C24H27ClN4O3S/c1-13-7-17(28-20(8-13)29-19-9-14(2)16(25)10-26-19)18-11-27-22(33-18)24(32)6-5-15(21(30)31)23(3,4)12-24/h7-11,15,32H,5-6,12H2,1-4H3,(H,30,31)(H,26,28,29)/t15-,24+/m0/s1. The van der Waals surface area contributed by atoms with E-state index >= 15 is 0 Å². The van der Waals surface area contributed by atoms with Crippen molar-refractivity contribution >= 4 is 40.5 Å². The van der Waals surface area contributed by atoms with Gasteiger partial charge in [0.05, 0.1) is 21.5 Å². The molecule has 3 heterocycles. The molecule has 9 heteroatoms. The van der Waals surface area contributed by atoms with Gasteiger partial charge in [0.1, 0.15) is 22.2 Å². The Bertz CT molecular complexity index is 1210. The van der Waals surface area contributed by atoms with Crippen molar-refractivity contribution in [3.63, 3.8) is 0 Å². The Balaban J connectivity index is 1.59. The SMILES string of the molecule is Cc1cc(Nc2cc(C)c(Cl)cn2)nc(-c2cnc([C@@]3(O)CC[C@@H](C(=O)O)C(C)(C)C3)s2)c1. The molecule has 174 valence electrons. The average molecular weight is 487 g/mol. The highest BCUT2D eigenvalue weighted by Gasteiger charge is 2.49. The fourth-order valence-electron chi connectivity index (χ4n) is 4.58. The molecule has 0 radical (unpaired) electrons. The molecule has 0 aromatic carbocycles. The van der Waals surface area contributed by atoms with Crippen LogP contribution in [0.15, 0.2) is 30.6 Å². The zero-order chi connectivity index (χ0) is 24.0. The smallest absolute Gasteiger partial charge is 0.307 e. The van der Waals surface area contributed by atoms with Crippen molar-refractivity contribution in [2.45, 2.75) is 52.6 Å². The number of carbonyl (C=O) groups is 1. The molecule has 2 atom stereocenters. The first-order valence-electron chi connectivity index (χ1n) is 10.8. The lowest BCUT2D eigenvalue weighted by Crippen LogP contribution is -2.44. The molecular weight excluding hydrogens is 460 g/mol. The maximum Gasteiger partial charge on any atom is 0.307 e. The van der Waals surface area contributed by atoms with E-state index in [1.54, 1.807) is 12.4 Å². The van der Waals surface area contributed by atoms with Crippen LogP contribution >= 0.6 is 22.9 Å². The second-order valence-electron chi connectivity index (χ2n) is 9.51. The van der Waals surface area contributed by atoms with Crippen molar-refractivity contribution in [2.24, 2.45) is 11.3 Å². The van der Waals surface area contributed by atoms with Crippen LogP contribution in [0.4, 0.5) is 11.6 Å². The number of nitrogens with one attached hydrogen (secondary N) is 1. The maximum atomic E-state index is 11.6. The van der Waals surface area contributed by atoms with E-state index in [9.17, 15) is 15.0 Å². The van der Waals surface area contributed by atoms with Gasteiger partial charge in [-0.05, 0) is 67.9 Å². The number of hydrogen-bond donors (Lipinski definition) is 3. The van der Waals surface area contributed by atoms with Crippen LogP contribution in [0.3, 0.4) is 0 Å². The molecule has 7 nitrogen and oxygen atoms in total. The number of rotatable bonds is 5. The molecule has 1 aliphatic rings. The van der Waals surface area contributed by atoms with E-state index in [-0.39, 0.29) is 0 Å². The number of aliphatic hydroxyl groups is 1. The molecule has 0 unspecified atom stereocenters. The monoisotopic (exact) mass is 486 g/mol. The summed E-state index contributed by atoms with van der Waals surface area (Å²) in [5, 5.41) is 25.4. The Kier molecular flexibility index (Phi) is 6.20. The number of aromatic nitrogens is 3. The van der Waals surface area contributed by atoms with E-state index in [0.29, 0.717) is 40.9 Å². The summed E-state index contributed by atoms with van der Waals surface area (Å²) >= 11 is 7.47. The molecule has 0 spiro atoms. The third-order valence-electron chi connectivity index (χ3n) is 6.27. The van der Waals surface area contributed by atoms with Crippen molar-refractivity contribution in [3.8, 4) is 10.6 Å². The molecule has 3 aromatic heterocycles. The second kappa shape index (κ2) is 8.66. The number of aliphatic carboxylic acids is 1. The van der Waals surface area contributed by atoms with Gasteiger partial charge in [-0.25, -0.2) is 15.0 Å². The molecule has 33 heavy (non-hydrogen) atoms. The summed E-state index contributed by atoms with van der Waals surface area (Å²) in [7, 11) is 0. The Morgan fingerprint density at radius 1 is 1.18 bits per heavy atom. The number of carboxylic acid groups (broad SMARTS) is 1. The number of hydrogen-bond acceptors (Lipinski definition) is 7. The predicted octanol–water partition coefficient (Wildman–Crippen LogP) is 5.71. The van der Waals surface area contributed by atoms with Gasteiger partial charge in [-0.3, -0.25) is 4.79 Å². The van der Waals surface area contributed by atoms with Crippen LogP contribution in [-0.4, -0.2) is 31.1 Å². The van der Waals surface area contributed by atoms with Crippen LogP contribution in [0.1, 0.15) is 49.2 Å². The van der Waals surface area contributed by atoms with E-state index in [1.807, 2.05) is 45.9 Å². The van der Waals surface area contributed by atoms with E-state index in [4.69, 9.17) is 16.6 Å². The first-order chi connectivity index (χ1) is 15.5. The van der Waals surface area contributed by atoms with E-state index in [1.165, 1.54) is 11.3 Å². The minimum absolute atomic E-state index is 0.347. The lowest BCUT2D eigenvalue weighted by molar-refractivity contribution is -0.154. The molecule has 4 rings (SSSR count). The molecule has 0 aliphatic heterocycles. The number of nitrogens with zero attached hydrogens (tertiary/aromatic N) is 3. The van der Waals surface area contributed by atoms with Gasteiger partial charge >= 0.3 is 5.97 Å². The molecule has 0 saturated heterocycles. The topological polar surface area (TPSA) is 108 Å². The Labute approximate surface area is 201 Å². The summed E-state index contributed by atoms with van der Waals surface area (Å²) in [6.07, 6.45) is 4.46. The van der Waals surface area contributed by atoms with Gasteiger partial charge in [-0.15, -0.1) is 11.3 Å². The van der Waals surface area contributed by atoms with Crippen LogP contribution in [-0.2, 0) is 10.4 Å². The van der Waals surface area contributed by atoms with Gasteiger partial charge < -0.3 is 15.5 Å². The van der Waals surface area contributed by atoms with E-state index < -0.39 is 22.9 Å². The third kappa shape index (κ3) is 4.88. The second-order valence-corrected chi connectivity index (χ2v) is 11.0. The summed E-state index contributed by atoms with van der Waals surface area (Å²) < 4.78 is 0.